The van der Waals surface area contributed by atoms with Crippen LogP contribution in [-0.4, -0.2) is 43.3 Å². The van der Waals surface area contributed by atoms with E-state index in [1.54, 1.807) is 0 Å². The molecule has 1 amide bonds. The fourth-order valence-electron chi connectivity index (χ4n) is 2.52. The van der Waals surface area contributed by atoms with E-state index in [0.717, 1.165) is 5.56 Å². The van der Waals surface area contributed by atoms with Gasteiger partial charge in [-0.2, -0.15) is 0 Å². The van der Waals surface area contributed by atoms with E-state index in [9.17, 15) is 9.59 Å². The maximum atomic E-state index is 11.3. The monoisotopic (exact) mass is 321 g/mol. The van der Waals surface area contributed by atoms with Gasteiger partial charge in [-0.3, -0.25) is 9.59 Å². The van der Waals surface area contributed by atoms with Crippen LogP contribution in [0.3, 0.4) is 0 Å². The lowest BCUT2D eigenvalue weighted by atomic mass is 10.0. The van der Waals surface area contributed by atoms with Gasteiger partial charge in [0.1, 0.15) is 6.61 Å². The topological polar surface area (TPSA) is 73.9 Å². The van der Waals surface area contributed by atoms with Gasteiger partial charge < -0.3 is 19.5 Å². The van der Waals surface area contributed by atoms with E-state index in [1.807, 2.05) is 30.3 Å². The molecule has 23 heavy (non-hydrogen) atoms. The lowest BCUT2D eigenvalue weighted by Crippen LogP contribution is -2.53. The van der Waals surface area contributed by atoms with Crippen LogP contribution in [0.15, 0.2) is 30.3 Å². The van der Waals surface area contributed by atoms with Crippen LogP contribution in [0.2, 0.25) is 0 Å². The predicted octanol–water partition coefficient (Wildman–Crippen LogP) is 1.43. The molecule has 0 aromatic heterocycles. The van der Waals surface area contributed by atoms with E-state index in [-0.39, 0.29) is 36.7 Å². The molecule has 1 saturated heterocycles. The van der Waals surface area contributed by atoms with Crippen LogP contribution < -0.4 is 5.32 Å². The van der Waals surface area contributed by atoms with Crippen LogP contribution in [0.5, 0.6) is 0 Å². The molecule has 1 aliphatic rings. The number of carbonyl (C=O) groups is 2. The molecule has 126 valence electrons. The Balaban J connectivity index is 1.93. The van der Waals surface area contributed by atoms with Crippen molar-refractivity contribution in [3.8, 4) is 0 Å². The van der Waals surface area contributed by atoms with E-state index in [1.165, 1.54) is 13.8 Å². The third-order valence-electron chi connectivity index (χ3n) is 3.62. The summed E-state index contributed by atoms with van der Waals surface area (Å²) in [5.74, 6) is -0.454. The van der Waals surface area contributed by atoms with Crippen molar-refractivity contribution in [3.63, 3.8) is 0 Å². The van der Waals surface area contributed by atoms with E-state index in [4.69, 9.17) is 14.2 Å². The highest BCUT2D eigenvalue weighted by Crippen LogP contribution is 2.20. The highest BCUT2D eigenvalue weighted by atomic mass is 16.6. The number of nitrogens with one attached hydrogen (secondary N) is 1. The van der Waals surface area contributed by atoms with Crippen LogP contribution in [0.1, 0.15) is 25.8 Å². The van der Waals surface area contributed by atoms with Gasteiger partial charge in [0.15, 0.2) is 0 Å². The summed E-state index contributed by atoms with van der Waals surface area (Å²) in [6, 6.07) is 9.64. The third-order valence-corrected chi connectivity index (χ3v) is 3.62. The molecule has 1 N–H and O–H groups in total. The van der Waals surface area contributed by atoms with E-state index in [0.29, 0.717) is 19.6 Å². The van der Waals surface area contributed by atoms with Gasteiger partial charge >= 0.3 is 5.97 Å². The zero-order valence-corrected chi connectivity index (χ0v) is 13.5. The Kier molecular flexibility index (Phi) is 6.55. The molecule has 0 saturated carbocycles. The Hall–Kier alpha value is -1.92. The van der Waals surface area contributed by atoms with Crippen molar-refractivity contribution in [1.82, 2.24) is 5.32 Å². The van der Waals surface area contributed by atoms with Gasteiger partial charge in [0.05, 0.1) is 31.5 Å². The van der Waals surface area contributed by atoms with Crippen LogP contribution in [-0.2, 0) is 30.4 Å². The molecule has 0 radical (unpaired) electrons. The number of ether oxygens (including phenoxy) is 3. The largest absolute Gasteiger partial charge is 0.463 e. The first-order chi connectivity index (χ1) is 11.0. The molecular formula is C17H23NO5. The molecule has 6 nitrogen and oxygen atoms in total. The Labute approximate surface area is 136 Å². The Morgan fingerprint density at radius 1 is 1.26 bits per heavy atom. The molecule has 1 heterocycles. The number of esters is 1. The predicted molar refractivity (Wildman–Crippen MR) is 83.6 cm³/mol. The van der Waals surface area contributed by atoms with Gasteiger partial charge in [-0.15, -0.1) is 0 Å². The minimum atomic E-state index is -0.334. The second kappa shape index (κ2) is 8.64. The number of carbonyl (C=O) groups excluding carboxylic acids is 2. The van der Waals surface area contributed by atoms with Crippen molar-refractivity contribution in [2.75, 3.05) is 13.2 Å². The fraction of sp³-hybridized carbons (Fsp3) is 0.529. The summed E-state index contributed by atoms with van der Waals surface area (Å²) in [7, 11) is 0. The summed E-state index contributed by atoms with van der Waals surface area (Å²) in [6.45, 7) is 3.84. The molecule has 0 aliphatic carbocycles. The van der Waals surface area contributed by atoms with Crippen molar-refractivity contribution in [2.45, 2.75) is 45.1 Å². The number of amides is 1. The van der Waals surface area contributed by atoms with Gasteiger partial charge in [0.2, 0.25) is 5.91 Å². The Bertz CT molecular complexity index is 519. The molecule has 1 aromatic carbocycles. The van der Waals surface area contributed by atoms with Crippen LogP contribution in [0.4, 0.5) is 0 Å². The van der Waals surface area contributed by atoms with Crippen molar-refractivity contribution < 1.29 is 23.8 Å². The molecule has 3 atom stereocenters. The Morgan fingerprint density at radius 2 is 2.00 bits per heavy atom. The average molecular weight is 321 g/mol. The van der Waals surface area contributed by atoms with Crippen LogP contribution in [0, 0.1) is 0 Å². The molecule has 6 heteroatoms. The SMILES string of the molecule is CC(=O)NC1COC(COC(C)=O)C[C@H]1OCc1ccccc1. The zero-order chi connectivity index (χ0) is 16.7. The zero-order valence-electron chi connectivity index (χ0n) is 13.5. The lowest BCUT2D eigenvalue weighted by molar-refractivity contribution is -0.153. The molecule has 1 fully saturated rings. The first kappa shape index (κ1) is 17.4. The third kappa shape index (κ3) is 6.00. The minimum absolute atomic E-state index is 0.120. The normalized spacial score (nSPS) is 24.0. The molecular weight excluding hydrogens is 298 g/mol. The highest BCUT2D eigenvalue weighted by molar-refractivity contribution is 5.73. The fourth-order valence-corrected chi connectivity index (χ4v) is 2.52. The average Bonchev–Trinajstić information content (AvgIpc) is 2.53. The number of benzene rings is 1. The Morgan fingerprint density at radius 3 is 2.65 bits per heavy atom. The summed E-state index contributed by atoms with van der Waals surface area (Å²) in [5, 5.41) is 2.86. The number of hydrogen-bond donors (Lipinski definition) is 1. The summed E-state index contributed by atoms with van der Waals surface area (Å²) in [5.41, 5.74) is 1.07. The van der Waals surface area contributed by atoms with Crippen molar-refractivity contribution in [2.24, 2.45) is 0 Å². The molecule has 1 aromatic rings. The van der Waals surface area contributed by atoms with Gasteiger partial charge in [-0.1, -0.05) is 30.3 Å². The summed E-state index contributed by atoms with van der Waals surface area (Å²) >= 11 is 0. The quantitative estimate of drug-likeness (QED) is 0.802. The summed E-state index contributed by atoms with van der Waals surface area (Å²) < 4.78 is 16.6. The standard InChI is InChI=1S/C17H23NO5/c1-12(19)18-16-11-22-15(10-21-13(2)20)8-17(16)23-9-14-6-4-3-5-7-14/h3-7,15-17H,8-11H2,1-2H3,(H,18,19)/t15?,16?,17-/m1/s1. The molecule has 2 rings (SSSR count). The maximum absolute atomic E-state index is 11.3. The smallest absolute Gasteiger partial charge is 0.302 e. The van der Waals surface area contributed by atoms with Gasteiger partial charge in [-0.25, -0.2) is 0 Å². The van der Waals surface area contributed by atoms with Crippen LogP contribution >= 0.6 is 0 Å². The van der Waals surface area contributed by atoms with Gasteiger partial charge in [0.25, 0.3) is 0 Å². The molecule has 2 unspecified atom stereocenters. The van der Waals surface area contributed by atoms with E-state index in [2.05, 4.69) is 5.32 Å². The van der Waals surface area contributed by atoms with Gasteiger partial charge in [-0.05, 0) is 5.56 Å². The lowest BCUT2D eigenvalue weighted by Gasteiger charge is -2.36. The minimum Gasteiger partial charge on any atom is -0.463 e. The van der Waals surface area contributed by atoms with E-state index < -0.39 is 0 Å². The van der Waals surface area contributed by atoms with Crippen molar-refractivity contribution in [1.29, 1.82) is 0 Å². The second-order valence-electron chi connectivity index (χ2n) is 5.64. The van der Waals surface area contributed by atoms with Gasteiger partial charge in [0, 0.05) is 20.3 Å². The summed E-state index contributed by atoms with van der Waals surface area (Å²) in [4.78, 5) is 22.3. The number of rotatable bonds is 6. The highest BCUT2D eigenvalue weighted by Gasteiger charge is 2.33. The molecule has 0 spiro atoms. The molecule has 1 aliphatic heterocycles. The van der Waals surface area contributed by atoms with Crippen molar-refractivity contribution in [3.05, 3.63) is 35.9 Å². The molecule has 0 bridgehead atoms. The first-order valence-electron chi connectivity index (χ1n) is 7.72. The number of hydrogen-bond acceptors (Lipinski definition) is 5. The van der Waals surface area contributed by atoms with E-state index >= 15 is 0 Å². The first-order valence-corrected chi connectivity index (χ1v) is 7.72. The van der Waals surface area contributed by atoms with Crippen molar-refractivity contribution >= 4 is 11.9 Å². The second-order valence-corrected chi connectivity index (χ2v) is 5.64. The van der Waals surface area contributed by atoms with Crippen LogP contribution in [0.25, 0.3) is 0 Å². The summed E-state index contributed by atoms with van der Waals surface area (Å²) in [6.07, 6.45) is 0.156. The maximum Gasteiger partial charge on any atom is 0.302 e.